The lowest BCUT2D eigenvalue weighted by atomic mass is 10.0. The smallest absolute Gasteiger partial charge is 0.0211 e. The Bertz CT molecular complexity index is 592. The summed E-state index contributed by atoms with van der Waals surface area (Å²) in [6.07, 6.45) is 4.45. The molecular weight excluding hydrogens is 340 g/mol. The quantitative estimate of drug-likeness (QED) is 0.654. The Morgan fingerprint density at radius 1 is 0.765 bits per heavy atom. The predicted octanol–water partition coefficient (Wildman–Crippen LogP) is 5.32. The van der Waals surface area contributed by atoms with Gasteiger partial charge in [0, 0.05) is 15.4 Å². The number of hydrogen-bond acceptors (Lipinski definition) is 0. The van der Waals surface area contributed by atoms with Crippen molar-refractivity contribution in [3.63, 3.8) is 0 Å². The minimum Gasteiger partial charge on any atom is -0.0619 e. The van der Waals surface area contributed by atoms with Crippen LogP contribution in [0.15, 0.2) is 51.4 Å². The number of hydrogen-bond donors (Lipinski definition) is 0. The maximum atomic E-state index is 3.52. The Kier molecular flexibility index (Phi) is 2.93. The summed E-state index contributed by atoms with van der Waals surface area (Å²) >= 11 is 7.05. The molecule has 0 aliphatic heterocycles. The van der Waals surface area contributed by atoms with Gasteiger partial charge in [0.25, 0.3) is 0 Å². The molecule has 0 N–H and O–H groups in total. The van der Waals surface area contributed by atoms with Gasteiger partial charge in [-0.15, -0.1) is 0 Å². The van der Waals surface area contributed by atoms with Crippen molar-refractivity contribution in [1.82, 2.24) is 0 Å². The van der Waals surface area contributed by atoms with Crippen molar-refractivity contribution < 1.29 is 0 Å². The van der Waals surface area contributed by atoms with Crippen LogP contribution >= 0.6 is 31.9 Å². The van der Waals surface area contributed by atoms with Gasteiger partial charge in [-0.1, -0.05) is 62.2 Å². The molecule has 0 saturated heterocycles. The lowest BCUT2D eigenvalue weighted by molar-refractivity contribution is 1.51. The monoisotopic (exact) mass is 347 g/mol. The van der Waals surface area contributed by atoms with E-state index >= 15 is 0 Å². The molecule has 0 bridgehead atoms. The van der Waals surface area contributed by atoms with Gasteiger partial charge in [0.05, 0.1) is 0 Å². The van der Waals surface area contributed by atoms with Crippen LogP contribution in [0.5, 0.6) is 0 Å². The molecule has 17 heavy (non-hydrogen) atoms. The summed E-state index contributed by atoms with van der Waals surface area (Å²) in [5.41, 5.74) is 5.06. The van der Waals surface area contributed by atoms with Crippen LogP contribution in [0.2, 0.25) is 0 Å². The fourth-order valence-corrected chi connectivity index (χ4v) is 3.33. The van der Waals surface area contributed by atoms with Gasteiger partial charge in [-0.2, -0.15) is 0 Å². The molecule has 2 aromatic rings. The predicted molar refractivity (Wildman–Crippen MR) is 79.6 cm³/mol. The van der Waals surface area contributed by atoms with E-state index < -0.39 is 0 Å². The largest absolute Gasteiger partial charge is 0.0619 e. The molecule has 0 saturated carbocycles. The summed E-state index contributed by atoms with van der Waals surface area (Å²) in [5, 5.41) is 0. The average molecular weight is 349 g/mol. The first-order chi connectivity index (χ1) is 8.22. The minimum atomic E-state index is 1.09. The standard InChI is InChI=1S/C15H9Br2/c16-14-7-13(8-15(17)9-14)12-5-10-3-1-2-4-11(10)6-12/h1-9H. The maximum Gasteiger partial charge on any atom is 0.0211 e. The molecule has 2 aromatic carbocycles. The van der Waals surface area contributed by atoms with Crippen molar-refractivity contribution in [3.8, 4) is 0 Å². The summed E-state index contributed by atoms with van der Waals surface area (Å²) in [5.74, 6) is 0. The lowest BCUT2D eigenvalue weighted by Gasteiger charge is -2.04. The zero-order chi connectivity index (χ0) is 11.8. The summed E-state index contributed by atoms with van der Waals surface area (Å²) in [4.78, 5) is 0. The van der Waals surface area contributed by atoms with Crippen molar-refractivity contribution in [2.24, 2.45) is 0 Å². The van der Waals surface area contributed by atoms with E-state index in [0.717, 1.165) is 8.95 Å². The van der Waals surface area contributed by atoms with Gasteiger partial charge in [-0.25, -0.2) is 0 Å². The third-order valence-corrected chi connectivity index (χ3v) is 3.73. The van der Waals surface area contributed by atoms with Gasteiger partial charge in [0.15, 0.2) is 0 Å². The second kappa shape index (κ2) is 4.43. The van der Waals surface area contributed by atoms with E-state index in [-0.39, 0.29) is 0 Å². The van der Waals surface area contributed by atoms with Crippen LogP contribution in [-0.2, 0) is 0 Å². The van der Waals surface area contributed by atoms with Crippen LogP contribution in [0.3, 0.4) is 0 Å². The molecule has 0 amide bonds. The molecule has 0 atom stereocenters. The number of benzene rings is 2. The van der Waals surface area contributed by atoms with E-state index in [4.69, 9.17) is 0 Å². The van der Waals surface area contributed by atoms with Gasteiger partial charge < -0.3 is 0 Å². The van der Waals surface area contributed by atoms with E-state index in [1.165, 1.54) is 22.3 Å². The second-order valence-electron chi connectivity index (χ2n) is 4.03. The van der Waals surface area contributed by atoms with E-state index in [0.29, 0.717) is 0 Å². The van der Waals surface area contributed by atoms with Crippen LogP contribution in [0, 0.1) is 6.42 Å². The van der Waals surface area contributed by atoms with Crippen molar-refractivity contribution in [3.05, 3.63) is 74.5 Å². The Morgan fingerprint density at radius 2 is 1.41 bits per heavy atom. The second-order valence-corrected chi connectivity index (χ2v) is 5.86. The molecule has 1 aliphatic rings. The topological polar surface area (TPSA) is 0 Å². The molecule has 1 aliphatic carbocycles. The van der Waals surface area contributed by atoms with Gasteiger partial charge in [-0.3, -0.25) is 0 Å². The molecule has 1 radical (unpaired) electrons. The Hall–Kier alpha value is -0.860. The van der Waals surface area contributed by atoms with Crippen molar-refractivity contribution in [2.45, 2.75) is 0 Å². The fraction of sp³-hybridized carbons (Fsp3) is 0. The van der Waals surface area contributed by atoms with Crippen LogP contribution in [0.1, 0.15) is 16.7 Å². The summed E-state index contributed by atoms with van der Waals surface area (Å²) in [6, 6.07) is 14.8. The van der Waals surface area contributed by atoms with Crippen LogP contribution < -0.4 is 0 Å². The van der Waals surface area contributed by atoms with E-state index in [2.05, 4.69) is 80.8 Å². The van der Waals surface area contributed by atoms with Crippen molar-refractivity contribution in [2.75, 3.05) is 0 Å². The first-order valence-corrected chi connectivity index (χ1v) is 6.93. The zero-order valence-corrected chi connectivity index (χ0v) is 12.1. The molecule has 0 heterocycles. The van der Waals surface area contributed by atoms with Crippen LogP contribution in [-0.4, -0.2) is 0 Å². The molecule has 3 rings (SSSR count). The van der Waals surface area contributed by atoms with Gasteiger partial charge in [0.2, 0.25) is 0 Å². The van der Waals surface area contributed by atoms with Crippen molar-refractivity contribution in [1.29, 1.82) is 0 Å². The lowest BCUT2D eigenvalue weighted by Crippen LogP contribution is -1.83. The molecule has 0 unspecified atom stereocenters. The Balaban J connectivity index is 2.03. The number of fused-ring (bicyclic) bond motifs is 1. The zero-order valence-electron chi connectivity index (χ0n) is 8.95. The van der Waals surface area contributed by atoms with Crippen LogP contribution in [0.4, 0.5) is 0 Å². The first-order valence-electron chi connectivity index (χ1n) is 5.34. The molecule has 0 nitrogen and oxygen atoms in total. The SMILES string of the molecule is Brc1cc(Br)cc(C2=Cc3ccccc3[CH]2)c1. The van der Waals surface area contributed by atoms with Crippen molar-refractivity contribution >= 4 is 43.5 Å². The molecule has 2 heteroatoms. The first kappa shape index (κ1) is 11.2. The van der Waals surface area contributed by atoms with Gasteiger partial charge in [-0.05, 0) is 40.5 Å². The van der Waals surface area contributed by atoms with Gasteiger partial charge >= 0.3 is 0 Å². The highest BCUT2D eigenvalue weighted by Crippen LogP contribution is 2.35. The highest BCUT2D eigenvalue weighted by Gasteiger charge is 2.14. The summed E-state index contributed by atoms with van der Waals surface area (Å²) in [7, 11) is 0. The Morgan fingerprint density at radius 3 is 2.06 bits per heavy atom. The molecule has 83 valence electrons. The summed E-state index contributed by atoms with van der Waals surface area (Å²) < 4.78 is 2.18. The highest BCUT2D eigenvalue weighted by atomic mass is 79.9. The van der Waals surface area contributed by atoms with E-state index in [9.17, 15) is 0 Å². The molecule has 0 aromatic heterocycles. The van der Waals surface area contributed by atoms with Crippen LogP contribution in [0.25, 0.3) is 11.6 Å². The molecular formula is C15H9Br2. The molecule has 0 spiro atoms. The maximum absolute atomic E-state index is 3.52. The number of allylic oxidation sites excluding steroid dienone is 1. The van der Waals surface area contributed by atoms with Gasteiger partial charge in [0.1, 0.15) is 0 Å². The normalized spacial score (nSPS) is 13.4. The molecule has 0 fully saturated rings. The third kappa shape index (κ3) is 2.24. The van der Waals surface area contributed by atoms with E-state index in [1.807, 2.05) is 6.07 Å². The number of rotatable bonds is 1. The third-order valence-electron chi connectivity index (χ3n) is 2.81. The average Bonchev–Trinajstić information content (AvgIpc) is 2.71. The summed E-state index contributed by atoms with van der Waals surface area (Å²) in [6.45, 7) is 0. The fourth-order valence-electron chi connectivity index (χ4n) is 2.04. The minimum absolute atomic E-state index is 1.09. The van der Waals surface area contributed by atoms with E-state index in [1.54, 1.807) is 0 Å². The number of halogens is 2. The highest BCUT2D eigenvalue weighted by molar-refractivity contribution is 9.11. The Labute approximate surface area is 118 Å².